The summed E-state index contributed by atoms with van der Waals surface area (Å²) in [6.07, 6.45) is -0.0817. The lowest BCUT2D eigenvalue weighted by molar-refractivity contribution is -0.195. The summed E-state index contributed by atoms with van der Waals surface area (Å²) in [5, 5.41) is 43.5. The van der Waals surface area contributed by atoms with Crippen molar-refractivity contribution in [2.45, 2.75) is 242 Å². The molecule has 582 valence electrons. The van der Waals surface area contributed by atoms with Gasteiger partial charge >= 0.3 is 35.8 Å². The van der Waals surface area contributed by atoms with Crippen molar-refractivity contribution >= 4 is 58.9 Å². The van der Waals surface area contributed by atoms with Crippen molar-refractivity contribution in [3.63, 3.8) is 0 Å². The number of ether oxygens (including phenoxy) is 11. The van der Waals surface area contributed by atoms with Crippen molar-refractivity contribution in [3.05, 3.63) is 0 Å². The highest BCUT2D eigenvalue weighted by atomic mass is 16.6. The third kappa shape index (κ3) is 26.0. The molecule has 100 heavy (non-hydrogen) atoms. The van der Waals surface area contributed by atoms with Gasteiger partial charge in [0.05, 0.1) is 119 Å². The summed E-state index contributed by atoms with van der Waals surface area (Å²) in [5.74, 6) is -6.93. The van der Waals surface area contributed by atoms with Crippen LogP contribution in [-0.2, 0) is 100 Å². The third-order valence-corrected chi connectivity index (χ3v) is 19.2. The highest BCUT2D eigenvalue weighted by Crippen LogP contribution is 2.42. The number of esters is 6. The zero-order valence-corrected chi connectivity index (χ0v) is 63.6. The number of aliphatic hydroxyl groups excluding tert-OH is 4. The molecule has 0 aliphatic carbocycles. The van der Waals surface area contributed by atoms with Crippen LogP contribution in [0.15, 0.2) is 0 Å². The van der Waals surface area contributed by atoms with E-state index in [4.69, 9.17) is 75.0 Å². The Morgan fingerprint density at radius 1 is 0.290 bits per heavy atom. The molecule has 0 aromatic rings. The average molecular weight is 1440 g/mol. The molecular formula is C71H128N4O25. The summed E-state index contributed by atoms with van der Waals surface area (Å²) in [7, 11) is 0. The number of hydrogen-bond donors (Lipinski definition) is 8. The fourth-order valence-corrected chi connectivity index (χ4v) is 10.9. The van der Waals surface area contributed by atoms with Crippen LogP contribution >= 0.6 is 0 Å². The molecule has 0 aromatic carbocycles. The molecule has 29 heteroatoms. The maximum absolute atomic E-state index is 14.9. The predicted octanol–water partition coefficient (Wildman–Crippen LogP) is 4.19. The van der Waals surface area contributed by atoms with E-state index < -0.39 is 204 Å². The molecule has 12 N–H and O–H groups in total. The van der Waals surface area contributed by atoms with Crippen LogP contribution in [0.3, 0.4) is 0 Å². The number of hydrogen-bond acceptors (Lipinski definition) is 29. The third-order valence-electron chi connectivity index (χ3n) is 19.2. The second-order valence-electron chi connectivity index (χ2n) is 29.2. The fraction of sp³-hybridized carbons (Fsp3) is 0.859. The fourth-order valence-electron chi connectivity index (χ4n) is 10.9. The van der Waals surface area contributed by atoms with Crippen molar-refractivity contribution in [1.82, 2.24) is 0 Å². The van der Waals surface area contributed by atoms with Gasteiger partial charge < -0.3 is 95.5 Å². The molecule has 29 nitrogen and oxygen atoms in total. The number of nitrogens with two attached hydrogens (primary N) is 4. The van der Waals surface area contributed by atoms with Crippen LogP contribution in [0.5, 0.6) is 0 Å². The van der Waals surface area contributed by atoms with E-state index in [1.54, 1.807) is 83.1 Å². The normalized spacial score (nSPS) is 15.3. The lowest BCUT2D eigenvalue weighted by atomic mass is 9.73. The molecule has 0 aliphatic rings. The highest BCUT2D eigenvalue weighted by molar-refractivity contribution is 5.96. The van der Waals surface area contributed by atoms with E-state index >= 15 is 0 Å². The van der Waals surface area contributed by atoms with Crippen LogP contribution in [0, 0.1) is 32.5 Å². The van der Waals surface area contributed by atoms with Crippen LogP contribution in [0.1, 0.15) is 208 Å². The largest absolute Gasteiger partial charge is 0.465 e. The van der Waals surface area contributed by atoms with Crippen LogP contribution in [0.2, 0.25) is 0 Å². The lowest BCUT2D eigenvalue weighted by Crippen LogP contribution is -2.57. The summed E-state index contributed by atoms with van der Waals surface area (Å²) >= 11 is 0. The highest BCUT2D eigenvalue weighted by Gasteiger charge is 2.56. The second kappa shape index (κ2) is 42.1. The Labute approximate surface area is 593 Å². The van der Waals surface area contributed by atoms with Gasteiger partial charge in [-0.15, -0.1) is 0 Å². The molecule has 0 saturated carbocycles. The molecule has 0 aliphatic heterocycles. The van der Waals surface area contributed by atoms with Gasteiger partial charge in [0.1, 0.15) is 65.3 Å². The zero-order chi connectivity index (χ0) is 77.5. The van der Waals surface area contributed by atoms with Crippen LogP contribution in [0.4, 0.5) is 0 Å². The molecule has 0 rings (SSSR count). The van der Waals surface area contributed by atoms with Gasteiger partial charge in [-0.3, -0.25) is 47.9 Å². The molecule has 0 amide bonds. The molecular weight excluding hydrogens is 1310 g/mol. The topological polar surface area (TPSA) is 457 Å². The van der Waals surface area contributed by atoms with E-state index in [1.165, 1.54) is 41.5 Å². The zero-order valence-electron chi connectivity index (χ0n) is 63.6. The summed E-state index contributed by atoms with van der Waals surface area (Å²) in [4.78, 5) is 137. The van der Waals surface area contributed by atoms with Gasteiger partial charge in [-0.25, -0.2) is 0 Å². The average Bonchev–Trinajstić information content (AvgIpc) is 0.782. The first kappa shape index (κ1) is 95.0. The smallest absolute Gasteiger partial charge is 0.317 e. The van der Waals surface area contributed by atoms with E-state index in [0.717, 1.165) is 0 Å². The molecule has 0 fully saturated rings. The quantitative estimate of drug-likeness (QED) is 0.0312. The van der Waals surface area contributed by atoms with Gasteiger partial charge in [0, 0.05) is 32.6 Å². The molecule has 4 unspecified atom stereocenters. The first-order chi connectivity index (χ1) is 46.5. The minimum Gasteiger partial charge on any atom is -0.465 e. The number of ketones is 4. The molecule has 0 heterocycles. The van der Waals surface area contributed by atoms with E-state index in [-0.39, 0.29) is 123 Å². The Bertz CT molecular complexity index is 2570. The van der Waals surface area contributed by atoms with Crippen LogP contribution < -0.4 is 22.9 Å². The number of aliphatic hydroxyl groups is 4. The molecule has 0 radical (unpaired) electrons. The number of carbonyl (C=O) groups excluding carboxylic acids is 10. The maximum Gasteiger partial charge on any atom is 0.317 e. The minimum absolute atomic E-state index is 0.00941. The van der Waals surface area contributed by atoms with Crippen LogP contribution in [0.25, 0.3) is 0 Å². The van der Waals surface area contributed by atoms with E-state index in [9.17, 15) is 68.4 Å². The van der Waals surface area contributed by atoms with Gasteiger partial charge in [0.2, 0.25) is 0 Å². The van der Waals surface area contributed by atoms with Gasteiger partial charge in [-0.1, -0.05) is 55.4 Å². The van der Waals surface area contributed by atoms with Crippen LogP contribution in [-0.4, -0.2) is 232 Å². The summed E-state index contributed by atoms with van der Waals surface area (Å²) < 4.78 is 65.2. The summed E-state index contributed by atoms with van der Waals surface area (Å²) in [6, 6.07) is 0. The molecule has 0 bridgehead atoms. The first-order valence-electron chi connectivity index (χ1n) is 35.1. The number of carbonyl (C=O) groups is 10. The summed E-state index contributed by atoms with van der Waals surface area (Å²) in [5.41, 5.74) is 2.87. The molecule has 0 aromatic heterocycles. The van der Waals surface area contributed by atoms with Gasteiger partial charge in [-0.2, -0.15) is 0 Å². The SMILES string of the molecule is CCC(CC)(OCC(C)(CO)C(=O)C(CC)(CC)OCC(C)(CO)C(=O)OCCC(C)(C)OCC(C)(C)OC(=O)C(C)(CO)COC(CC)(CC)C(=O)C(C)(CO)COC(CC)(CC)C(=O)C(C)(COC(=O)CCN)COC(=O)CCN)C(=O)C(C)(COC(=O)CCN)COC(=O)CCN. The predicted molar refractivity (Wildman–Crippen MR) is 368 cm³/mol. The minimum atomic E-state index is -1.77. The standard InChI is InChI=1S/C71H128N4O25/c1-19-68(20-2,54(84)62(13,37-76)46-96-70(23-5,24-6)56(86)66(17,42-91-50(80)27-32-72)43-92-51(81)28-33-73)98-48-64(15,39-78)58(88)90-36-31-60(9,10)95-41-61(11,12)100-59(89)65(16,40-79)49-99-69(21-3,22-4)55(85)63(14,38-77)47-97-71(25-7,26-8)57(87)67(18,44-93-52(82)29-34-74)45-94-53(83)30-35-75/h76-79H,19-49,72-75H2,1-18H3. The van der Waals surface area contributed by atoms with E-state index in [2.05, 4.69) is 0 Å². The van der Waals surface area contributed by atoms with Crippen molar-refractivity contribution < 1.29 is 120 Å². The van der Waals surface area contributed by atoms with Gasteiger partial charge in [-0.05, 0) is 121 Å². The Morgan fingerprint density at radius 2 is 0.530 bits per heavy atom. The molecule has 0 spiro atoms. The van der Waals surface area contributed by atoms with Gasteiger partial charge in [0.25, 0.3) is 0 Å². The molecule has 0 saturated heterocycles. The van der Waals surface area contributed by atoms with Crippen molar-refractivity contribution in [3.8, 4) is 0 Å². The Morgan fingerprint density at radius 3 is 0.770 bits per heavy atom. The van der Waals surface area contributed by atoms with E-state index in [1.807, 2.05) is 0 Å². The Kier molecular flexibility index (Phi) is 40.0. The van der Waals surface area contributed by atoms with Crippen molar-refractivity contribution in [2.24, 2.45) is 55.4 Å². The van der Waals surface area contributed by atoms with Gasteiger partial charge in [0.15, 0.2) is 23.1 Å². The molecule has 4 atom stereocenters. The Hall–Kier alpha value is -5.02. The van der Waals surface area contributed by atoms with Crippen molar-refractivity contribution in [2.75, 3.05) is 119 Å². The monoisotopic (exact) mass is 1440 g/mol. The Balaban J connectivity index is 6.43. The van der Waals surface area contributed by atoms with E-state index in [0.29, 0.717) is 0 Å². The first-order valence-corrected chi connectivity index (χ1v) is 35.1. The number of rotatable bonds is 57. The lowest BCUT2D eigenvalue weighted by Gasteiger charge is -2.43. The number of Topliss-reactive ketones (excluding diaryl/α,β-unsaturated/α-hetero) is 4. The summed E-state index contributed by atoms with van der Waals surface area (Å²) in [6.45, 7) is 21.0. The second-order valence-corrected chi connectivity index (χ2v) is 29.2. The maximum atomic E-state index is 14.9. The van der Waals surface area contributed by atoms with Crippen molar-refractivity contribution in [1.29, 1.82) is 0 Å².